The molecule has 0 radical (unpaired) electrons. The van der Waals surface area contributed by atoms with Gasteiger partial charge in [-0.2, -0.15) is 0 Å². The molecule has 2 atom stereocenters. The third-order valence-electron chi connectivity index (χ3n) is 2.10. The van der Waals surface area contributed by atoms with Crippen LogP contribution < -0.4 is 5.49 Å². The van der Waals surface area contributed by atoms with Crippen molar-refractivity contribution in [2.24, 2.45) is 4.99 Å². The second-order valence-corrected chi connectivity index (χ2v) is 4.43. The summed E-state index contributed by atoms with van der Waals surface area (Å²) < 4.78 is 2.10. The SMILES string of the molecule is CN=c1cnccn1[C@@H](C)C(C)Br. The molecule has 0 saturated heterocycles. The number of alkyl halides is 1. The number of aromatic nitrogens is 2. The van der Waals surface area contributed by atoms with Crippen LogP contribution in [-0.2, 0) is 0 Å². The molecule has 1 aromatic rings. The van der Waals surface area contributed by atoms with Crippen molar-refractivity contribution >= 4 is 15.9 Å². The zero-order valence-electron chi connectivity index (χ0n) is 8.11. The van der Waals surface area contributed by atoms with Gasteiger partial charge in [-0.1, -0.05) is 22.9 Å². The van der Waals surface area contributed by atoms with Crippen molar-refractivity contribution in [1.29, 1.82) is 0 Å². The third-order valence-corrected chi connectivity index (χ3v) is 2.87. The fraction of sp³-hybridized carbons (Fsp3) is 0.556. The Morgan fingerprint density at radius 1 is 1.54 bits per heavy atom. The molecule has 0 aromatic carbocycles. The fourth-order valence-electron chi connectivity index (χ4n) is 1.10. The molecular formula is C9H14BrN3. The van der Waals surface area contributed by atoms with E-state index in [0.29, 0.717) is 10.9 Å². The van der Waals surface area contributed by atoms with Crippen LogP contribution in [0.1, 0.15) is 19.9 Å². The van der Waals surface area contributed by atoms with E-state index in [0.717, 1.165) is 5.49 Å². The average molecular weight is 244 g/mol. The Morgan fingerprint density at radius 3 is 2.77 bits per heavy atom. The Labute approximate surface area is 86.7 Å². The lowest BCUT2D eigenvalue weighted by Gasteiger charge is -2.18. The topological polar surface area (TPSA) is 30.2 Å². The molecule has 0 amide bonds. The third kappa shape index (κ3) is 2.40. The molecule has 0 saturated carbocycles. The van der Waals surface area contributed by atoms with Gasteiger partial charge in [0.25, 0.3) is 0 Å². The Bertz CT molecular complexity index is 330. The van der Waals surface area contributed by atoms with Gasteiger partial charge in [0.15, 0.2) is 0 Å². The van der Waals surface area contributed by atoms with Crippen molar-refractivity contribution in [2.45, 2.75) is 24.7 Å². The van der Waals surface area contributed by atoms with Crippen LogP contribution in [0, 0.1) is 0 Å². The maximum absolute atomic E-state index is 4.15. The molecule has 1 heterocycles. The lowest BCUT2D eigenvalue weighted by molar-refractivity contribution is 0.520. The molecule has 0 N–H and O–H groups in total. The quantitative estimate of drug-likeness (QED) is 0.729. The van der Waals surface area contributed by atoms with E-state index in [9.17, 15) is 0 Å². The molecule has 0 aliphatic carbocycles. The van der Waals surface area contributed by atoms with Crippen molar-refractivity contribution in [3.63, 3.8) is 0 Å². The molecule has 0 spiro atoms. The predicted octanol–water partition coefficient (Wildman–Crippen LogP) is 1.76. The van der Waals surface area contributed by atoms with Gasteiger partial charge in [-0.3, -0.25) is 9.98 Å². The van der Waals surface area contributed by atoms with Crippen LogP contribution in [0.15, 0.2) is 23.6 Å². The average Bonchev–Trinajstić information content (AvgIpc) is 2.16. The first-order chi connectivity index (χ1) is 6.16. The van der Waals surface area contributed by atoms with Gasteiger partial charge < -0.3 is 4.57 Å². The van der Waals surface area contributed by atoms with Gasteiger partial charge in [0.1, 0.15) is 5.49 Å². The van der Waals surface area contributed by atoms with E-state index in [4.69, 9.17) is 0 Å². The van der Waals surface area contributed by atoms with E-state index in [1.54, 1.807) is 19.4 Å². The molecule has 72 valence electrons. The summed E-state index contributed by atoms with van der Waals surface area (Å²) in [5, 5.41) is 0. The molecule has 0 aliphatic rings. The molecule has 1 aromatic heterocycles. The maximum Gasteiger partial charge on any atom is 0.146 e. The van der Waals surface area contributed by atoms with Crippen molar-refractivity contribution in [2.75, 3.05) is 7.05 Å². The second-order valence-electron chi connectivity index (χ2n) is 2.98. The van der Waals surface area contributed by atoms with Crippen LogP contribution >= 0.6 is 15.9 Å². The molecule has 13 heavy (non-hydrogen) atoms. The molecule has 0 bridgehead atoms. The first-order valence-electron chi connectivity index (χ1n) is 4.26. The van der Waals surface area contributed by atoms with E-state index in [-0.39, 0.29) is 0 Å². The largest absolute Gasteiger partial charge is 0.327 e. The molecule has 1 rings (SSSR count). The van der Waals surface area contributed by atoms with Crippen LogP contribution in [0.3, 0.4) is 0 Å². The minimum absolute atomic E-state index is 0.377. The molecule has 3 nitrogen and oxygen atoms in total. The Kier molecular flexibility index (Phi) is 3.66. The smallest absolute Gasteiger partial charge is 0.146 e. The van der Waals surface area contributed by atoms with Crippen LogP contribution in [0.5, 0.6) is 0 Å². The highest BCUT2D eigenvalue weighted by Gasteiger charge is 2.09. The van der Waals surface area contributed by atoms with E-state index >= 15 is 0 Å². The number of halogens is 1. The van der Waals surface area contributed by atoms with Gasteiger partial charge in [0, 0.05) is 30.3 Å². The number of hydrogen-bond donors (Lipinski definition) is 0. The summed E-state index contributed by atoms with van der Waals surface area (Å²) in [6.45, 7) is 4.27. The van der Waals surface area contributed by atoms with Crippen molar-refractivity contribution in [3.05, 3.63) is 24.1 Å². The van der Waals surface area contributed by atoms with Crippen molar-refractivity contribution in [3.8, 4) is 0 Å². The lowest BCUT2D eigenvalue weighted by Crippen LogP contribution is -2.27. The summed E-state index contributed by atoms with van der Waals surface area (Å²) in [5.41, 5.74) is 0.904. The number of nitrogens with zero attached hydrogens (tertiary/aromatic N) is 3. The van der Waals surface area contributed by atoms with Crippen LogP contribution in [-0.4, -0.2) is 21.4 Å². The van der Waals surface area contributed by atoms with Gasteiger partial charge in [-0.05, 0) is 6.92 Å². The van der Waals surface area contributed by atoms with Gasteiger partial charge in [-0.25, -0.2) is 0 Å². The van der Waals surface area contributed by atoms with Crippen LogP contribution in [0.25, 0.3) is 0 Å². The summed E-state index contributed by atoms with van der Waals surface area (Å²) in [7, 11) is 1.78. The van der Waals surface area contributed by atoms with Crippen LogP contribution in [0.4, 0.5) is 0 Å². The van der Waals surface area contributed by atoms with Gasteiger partial charge in [-0.15, -0.1) is 0 Å². The zero-order valence-corrected chi connectivity index (χ0v) is 9.69. The number of hydrogen-bond acceptors (Lipinski definition) is 2. The Balaban J connectivity index is 3.14. The van der Waals surface area contributed by atoms with E-state index in [1.165, 1.54) is 0 Å². The summed E-state index contributed by atoms with van der Waals surface area (Å²) in [6, 6.07) is 0.377. The molecular weight excluding hydrogens is 230 g/mol. The summed E-state index contributed by atoms with van der Waals surface area (Å²) in [6.07, 6.45) is 5.50. The fourth-order valence-corrected chi connectivity index (χ4v) is 1.36. The van der Waals surface area contributed by atoms with Crippen molar-refractivity contribution in [1.82, 2.24) is 9.55 Å². The molecule has 0 fully saturated rings. The van der Waals surface area contributed by atoms with Crippen LogP contribution in [0.2, 0.25) is 0 Å². The normalized spacial score (nSPS) is 17.1. The summed E-state index contributed by atoms with van der Waals surface area (Å²) in [4.78, 5) is 8.60. The minimum atomic E-state index is 0.377. The van der Waals surface area contributed by atoms with E-state index in [2.05, 4.69) is 44.3 Å². The van der Waals surface area contributed by atoms with E-state index < -0.39 is 0 Å². The number of rotatable bonds is 2. The lowest BCUT2D eigenvalue weighted by atomic mass is 10.2. The summed E-state index contributed by atoms with van der Waals surface area (Å²) in [5.74, 6) is 0. The minimum Gasteiger partial charge on any atom is -0.327 e. The first-order valence-corrected chi connectivity index (χ1v) is 5.17. The van der Waals surface area contributed by atoms with E-state index in [1.807, 2.05) is 6.20 Å². The Morgan fingerprint density at radius 2 is 2.23 bits per heavy atom. The molecule has 1 unspecified atom stereocenters. The van der Waals surface area contributed by atoms with Gasteiger partial charge in [0.2, 0.25) is 0 Å². The predicted molar refractivity (Wildman–Crippen MR) is 56.8 cm³/mol. The second kappa shape index (κ2) is 4.56. The first kappa shape index (κ1) is 10.4. The van der Waals surface area contributed by atoms with Gasteiger partial charge in [0.05, 0.1) is 6.20 Å². The standard InChI is InChI=1S/C9H14BrN3/c1-7(10)8(2)13-5-4-12-6-9(13)11-3/h4-8H,1-3H3/t7?,8-/m0/s1. The highest BCUT2D eigenvalue weighted by Crippen LogP contribution is 2.14. The summed E-state index contributed by atoms with van der Waals surface area (Å²) >= 11 is 3.56. The monoisotopic (exact) mass is 243 g/mol. The highest BCUT2D eigenvalue weighted by atomic mass is 79.9. The maximum atomic E-state index is 4.15. The molecule has 0 aliphatic heterocycles. The highest BCUT2D eigenvalue weighted by molar-refractivity contribution is 9.09. The zero-order chi connectivity index (χ0) is 9.84. The molecule has 4 heteroatoms. The Hall–Kier alpha value is -0.640. The van der Waals surface area contributed by atoms with Gasteiger partial charge >= 0.3 is 0 Å². The van der Waals surface area contributed by atoms with Crippen molar-refractivity contribution < 1.29 is 0 Å².